The minimum absolute atomic E-state index is 0.241. The first-order valence-corrected chi connectivity index (χ1v) is 10.6. The number of benzene rings is 2. The lowest BCUT2D eigenvalue weighted by molar-refractivity contribution is 0.475. The number of aromatic hydroxyl groups is 2. The van der Waals surface area contributed by atoms with Crippen molar-refractivity contribution in [3.8, 4) is 34.0 Å². The Morgan fingerprint density at radius 3 is 1.86 bits per heavy atom. The van der Waals surface area contributed by atoms with E-state index in [0.29, 0.717) is 0 Å². The van der Waals surface area contributed by atoms with Crippen LogP contribution in [0.25, 0.3) is 22.5 Å². The second-order valence-electron chi connectivity index (χ2n) is 7.52. The van der Waals surface area contributed by atoms with Gasteiger partial charge in [-0.3, -0.25) is 4.98 Å². The molecule has 0 aliphatic carbocycles. The fourth-order valence-electron chi connectivity index (χ4n) is 3.48. The lowest BCUT2D eigenvalue weighted by Crippen LogP contribution is -2.00. The summed E-state index contributed by atoms with van der Waals surface area (Å²) < 4.78 is 0. The third-order valence-electron chi connectivity index (χ3n) is 5.17. The van der Waals surface area contributed by atoms with Gasteiger partial charge in [-0.15, -0.1) is 0 Å². The highest BCUT2D eigenvalue weighted by Crippen LogP contribution is 2.27. The van der Waals surface area contributed by atoms with Gasteiger partial charge in [0.05, 0.1) is 23.3 Å². The van der Waals surface area contributed by atoms with Gasteiger partial charge >= 0.3 is 0 Å². The number of hydrogen-bond acceptors (Lipinski definition) is 4. The molecule has 2 N–H and O–H groups in total. The zero-order chi connectivity index (χ0) is 20.5. The van der Waals surface area contributed by atoms with E-state index < -0.39 is 0 Å². The Morgan fingerprint density at radius 1 is 0.690 bits per heavy atom. The quantitative estimate of drug-likeness (QED) is 0.387. The van der Waals surface area contributed by atoms with Crippen molar-refractivity contribution in [1.82, 2.24) is 9.97 Å². The maximum absolute atomic E-state index is 9.59. The summed E-state index contributed by atoms with van der Waals surface area (Å²) in [6.07, 6.45) is 11.4. The van der Waals surface area contributed by atoms with Crippen molar-refractivity contribution in [3.63, 3.8) is 0 Å². The molecule has 0 amide bonds. The molecule has 4 heteroatoms. The molecule has 0 aliphatic heterocycles. The van der Waals surface area contributed by atoms with Crippen molar-refractivity contribution < 1.29 is 10.2 Å². The van der Waals surface area contributed by atoms with Crippen LogP contribution in [-0.2, 0) is 6.42 Å². The number of phenols is 2. The molecular formula is C25H30N2O2. The molecule has 3 aromatic rings. The van der Waals surface area contributed by atoms with Crippen molar-refractivity contribution in [3.05, 3.63) is 60.4 Å². The molecule has 1 heterocycles. The SMILES string of the molecule is CCCCCCCCCc1nc(-c2ccc(O)cc2)cnc1-c1ccc(O)cc1. The average Bonchev–Trinajstić information content (AvgIpc) is 2.74. The molecule has 0 saturated carbocycles. The normalized spacial score (nSPS) is 10.9. The molecule has 0 bridgehead atoms. The molecule has 152 valence electrons. The van der Waals surface area contributed by atoms with Crippen LogP contribution in [-0.4, -0.2) is 20.2 Å². The molecule has 29 heavy (non-hydrogen) atoms. The van der Waals surface area contributed by atoms with Crippen LogP contribution >= 0.6 is 0 Å². The molecule has 0 unspecified atom stereocenters. The molecule has 0 fully saturated rings. The van der Waals surface area contributed by atoms with Gasteiger partial charge in [0, 0.05) is 11.1 Å². The Labute approximate surface area is 173 Å². The van der Waals surface area contributed by atoms with Crippen molar-refractivity contribution in [2.24, 2.45) is 0 Å². The predicted octanol–water partition coefficient (Wildman–Crippen LogP) is 6.51. The highest BCUT2D eigenvalue weighted by atomic mass is 16.3. The lowest BCUT2D eigenvalue weighted by Gasteiger charge is -2.11. The van der Waals surface area contributed by atoms with Crippen LogP contribution in [0.5, 0.6) is 11.5 Å². The van der Waals surface area contributed by atoms with Gasteiger partial charge in [-0.2, -0.15) is 0 Å². The largest absolute Gasteiger partial charge is 0.508 e. The Kier molecular flexibility index (Phi) is 7.62. The van der Waals surface area contributed by atoms with Crippen molar-refractivity contribution in [1.29, 1.82) is 0 Å². The Morgan fingerprint density at radius 2 is 1.24 bits per heavy atom. The summed E-state index contributed by atoms with van der Waals surface area (Å²) in [6, 6.07) is 14.2. The average molecular weight is 391 g/mol. The fourth-order valence-corrected chi connectivity index (χ4v) is 3.48. The molecule has 0 aliphatic rings. The fraction of sp³-hybridized carbons (Fsp3) is 0.360. The van der Waals surface area contributed by atoms with E-state index in [0.717, 1.165) is 41.1 Å². The first-order valence-electron chi connectivity index (χ1n) is 10.6. The molecule has 3 rings (SSSR count). The van der Waals surface area contributed by atoms with E-state index >= 15 is 0 Å². The second kappa shape index (κ2) is 10.6. The van der Waals surface area contributed by atoms with Gasteiger partial charge in [-0.05, 0) is 61.4 Å². The van der Waals surface area contributed by atoms with Gasteiger partial charge in [0.15, 0.2) is 0 Å². The van der Waals surface area contributed by atoms with E-state index in [4.69, 9.17) is 9.97 Å². The zero-order valence-electron chi connectivity index (χ0n) is 17.1. The third kappa shape index (κ3) is 6.05. The third-order valence-corrected chi connectivity index (χ3v) is 5.17. The van der Waals surface area contributed by atoms with E-state index in [1.807, 2.05) is 24.3 Å². The number of rotatable bonds is 10. The number of aryl methyl sites for hydroxylation is 1. The molecular weight excluding hydrogens is 360 g/mol. The van der Waals surface area contributed by atoms with Crippen LogP contribution in [0.4, 0.5) is 0 Å². The van der Waals surface area contributed by atoms with E-state index in [1.165, 1.54) is 38.5 Å². The van der Waals surface area contributed by atoms with Gasteiger partial charge in [0.1, 0.15) is 11.5 Å². The second-order valence-corrected chi connectivity index (χ2v) is 7.52. The number of hydrogen-bond donors (Lipinski definition) is 2. The van der Waals surface area contributed by atoms with Crippen LogP contribution in [0.3, 0.4) is 0 Å². The summed E-state index contributed by atoms with van der Waals surface area (Å²) >= 11 is 0. The van der Waals surface area contributed by atoms with Gasteiger partial charge < -0.3 is 10.2 Å². The molecule has 1 aromatic heterocycles. The van der Waals surface area contributed by atoms with Gasteiger partial charge in [0.2, 0.25) is 0 Å². The van der Waals surface area contributed by atoms with Crippen LogP contribution in [0.2, 0.25) is 0 Å². The Bertz CT molecular complexity index is 890. The first-order chi connectivity index (χ1) is 14.2. The highest BCUT2D eigenvalue weighted by Gasteiger charge is 2.11. The zero-order valence-corrected chi connectivity index (χ0v) is 17.1. The topological polar surface area (TPSA) is 66.2 Å². The van der Waals surface area contributed by atoms with Crippen LogP contribution in [0.1, 0.15) is 57.6 Å². The van der Waals surface area contributed by atoms with Crippen molar-refractivity contribution >= 4 is 0 Å². The minimum Gasteiger partial charge on any atom is -0.508 e. The molecule has 0 radical (unpaired) electrons. The van der Waals surface area contributed by atoms with Crippen molar-refractivity contribution in [2.45, 2.75) is 58.3 Å². The summed E-state index contributed by atoms with van der Waals surface area (Å²) in [5, 5.41) is 19.1. The molecule has 0 saturated heterocycles. The molecule has 0 spiro atoms. The summed E-state index contributed by atoms with van der Waals surface area (Å²) in [5.41, 5.74) is 4.57. The first kappa shape index (κ1) is 20.8. The smallest absolute Gasteiger partial charge is 0.115 e. The van der Waals surface area contributed by atoms with Crippen LogP contribution < -0.4 is 0 Å². The van der Waals surface area contributed by atoms with Crippen molar-refractivity contribution in [2.75, 3.05) is 0 Å². The van der Waals surface area contributed by atoms with Crippen LogP contribution in [0, 0.1) is 0 Å². The summed E-state index contributed by atoms with van der Waals surface area (Å²) in [4.78, 5) is 9.62. The maximum Gasteiger partial charge on any atom is 0.115 e. The summed E-state index contributed by atoms with van der Waals surface area (Å²) in [5.74, 6) is 0.488. The van der Waals surface area contributed by atoms with E-state index in [9.17, 15) is 10.2 Å². The maximum atomic E-state index is 9.59. The molecule has 4 nitrogen and oxygen atoms in total. The van der Waals surface area contributed by atoms with Gasteiger partial charge in [0.25, 0.3) is 0 Å². The Balaban J connectivity index is 1.78. The van der Waals surface area contributed by atoms with E-state index in [-0.39, 0.29) is 11.5 Å². The standard InChI is InChI=1S/C25H30N2O2/c1-2-3-4-5-6-7-8-9-23-25(20-12-16-22(29)17-13-20)26-18-24(27-23)19-10-14-21(28)15-11-19/h10-18,28-29H,2-9H2,1H3. The lowest BCUT2D eigenvalue weighted by atomic mass is 10.0. The summed E-state index contributed by atoms with van der Waals surface area (Å²) in [7, 11) is 0. The van der Waals surface area contributed by atoms with Crippen LogP contribution in [0.15, 0.2) is 54.7 Å². The highest BCUT2D eigenvalue weighted by molar-refractivity contribution is 5.66. The number of phenolic OH excluding ortho intramolecular Hbond substituents is 2. The number of nitrogens with zero attached hydrogens (tertiary/aromatic N) is 2. The van der Waals surface area contributed by atoms with Gasteiger partial charge in [-0.25, -0.2) is 4.98 Å². The Hall–Kier alpha value is -2.88. The molecule has 0 atom stereocenters. The van der Waals surface area contributed by atoms with Gasteiger partial charge in [-0.1, -0.05) is 45.4 Å². The number of unbranched alkanes of at least 4 members (excludes halogenated alkanes) is 6. The summed E-state index contributed by atoms with van der Waals surface area (Å²) in [6.45, 7) is 2.24. The number of aromatic nitrogens is 2. The van der Waals surface area contributed by atoms with E-state index in [2.05, 4.69) is 6.92 Å². The minimum atomic E-state index is 0.241. The monoisotopic (exact) mass is 390 g/mol. The van der Waals surface area contributed by atoms with E-state index in [1.54, 1.807) is 30.5 Å². The molecule has 2 aromatic carbocycles. The predicted molar refractivity (Wildman–Crippen MR) is 118 cm³/mol.